The van der Waals surface area contributed by atoms with Crippen molar-refractivity contribution in [1.82, 2.24) is 14.8 Å². The first-order chi connectivity index (χ1) is 14.9. The Kier molecular flexibility index (Phi) is 5.73. The molecule has 0 spiro atoms. The number of hydrogen-bond donors (Lipinski definition) is 2. The number of rotatable bonds is 6. The number of thioether (sulfide) groups is 1. The van der Waals surface area contributed by atoms with Gasteiger partial charge < -0.3 is 15.0 Å². The Balaban J connectivity index is 1.59. The second kappa shape index (κ2) is 8.61. The molecule has 0 fully saturated rings. The molecule has 0 aliphatic carbocycles. The number of carbonyl (C=O) groups is 2. The molecule has 0 saturated heterocycles. The summed E-state index contributed by atoms with van der Waals surface area (Å²) in [5.74, 6) is -0.521. The number of nitrogens with one attached hydrogen (secondary N) is 1. The summed E-state index contributed by atoms with van der Waals surface area (Å²) < 4.78 is 1.75. The van der Waals surface area contributed by atoms with Crippen LogP contribution in [0.5, 0.6) is 0 Å². The van der Waals surface area contributed by atoms with Crippen molar-refractivity contribution in [2.24, 2.45) is 7.05 Å². The number of carboxylic acids is 1. The zero-order valence-electron chi connectivity index (χ0n) is 16.9. The largest absolute Gasteiger partial charge is 0.480 e. The third-order valence-electron chi connectivity index (χ3n) is 4.88. The Morgan fingerprint density at radius 1 is 1.03 bits per heavy atom. The van der Waals surface area contributed by atoms with Crippen LogP contribution >= 0.6 is 11.8 Å². The monoisotopic (exact) mass is 432 g/mol. The predicted molar refractivity (Wildman–Crippen MR) is 121 cm³/mol. The number of aromatic nitrogens is 3. The highest BCUT2D eigenvalue weighted by Gasteiger charge is 2.19. The quantitative estimate of drug-likeness (QED) is 0.437. The highest BCUT2D eigenvalue weighted by molar-refractivity contribution is 8.00. The molecule has 1 heterocycles. The number of fused-ring (bicyclic) bond motifs is 1. The first kappa shape index (κ1) is 20.6. The van der Waals surface area contributed by atoms with E-state index in [1.54, 1.807) is 24.6 Å². The molecule has 1 unspecified atom stereocenters. The maximum absolute atomic E-state index is 12.9. The van der Waals surface area contributed by atoms with Gasteiger partial charge in [-0.25, -0.2) is 0 Å². The number of amides is 1. The Morgan fingerprint density at radius 3 is 2.58 bits per heavy atom. The average molecular weight is 433 g/mol. The van der Waals surface area contributed by atoms with Crippen LogP contribution in [0.2, 0.25) is 0 Å². The number of carboxylic acid groups (broad SMARTS) is 1. The van der Waals surface area contributed by atoms with E-state index in [9.17, 15) is 9.59 Å². The van der Waals surface area contributed by atoms with Crippen molar-refractivity contribution in [3.8, 4) is 11.4 Å². The highest BCUT2D eigenvalue weighted by atomic mass is 32.2. The standard InChI is InChI=1S/C23H20N4O3S/c1-14(22(29)30)31-23-26-25-20(27(23)2)16-9-5-10-17(13-16)24-21(28)19-12-6-8-15-7-3-4-11-18(15)19/h3-14H,1-2H3,(H,24,28)(H,29,30). The maximum atomic E-state index is 12.9. The maximum Gasteiger partial charge on any atom is 0.316 e. The molecular formula is C23H20N4O3S. The van der Waals surface area contributed by atoms with Crippen LogP contribution in [-0.4, -0.2) is 37.0 Å². The zero-order chi connectivity index (χ0) is 22.0. The molecule has 31 heavy (non-hydrogen) atoms. The smallest absolute Gasteiger partial charge is 0.316 e. The average Bonchev–Trinajstić information content (AvgIpc) is 3.13. The molecule has 0 radical (unpaired) electrons. The SMILES string of the molecule is CC(Sc1nnc(-c2cccc(NC(=O)c3cccc4ccccc34)c2)n1C)C(=O)O. The Hall–Kier alpha value is -3.65. The molecular weight excluding hydrogens is 412 g/mol. The number of benzene rings is 3. The van der Waals surface area contributed by atoms with Crippen LogP contribution in [0.3, 0.4) is 0 Å². The number of hydrogen-bond acceptors (Lipinski definition) is 5. The lowest BCUT2D eigenvalue weighted by Crippen LogP contribution is -2.12. The van der Waals surface area contributed by atoms with Crippen LogP contribution in [0.25, 0.3) is 22.2 Å². The zero-order valence-corrected chi connectivity index (χ0v) is 17.8. The van der Waals surface area contributed by atoms with Crippen molar-refractivity contribution < 1.29 is 14.7 Å². The molecule has 0 aliphatic rings. The van der Waals surface area contributed by atoms with Gasteiger partial charge in [0.25, 0.3) is 5.91 Å². The van der Waals surface area contributed by atoms with Crippen LogP contribution in [0.4, 0.5) is 5.69 Å². The van der Waals surface area contributed by atoms with E-state index in [4.69, 9.17) is 5.11 Å². The van der Waals surface area contributed by atoms with E-state index < -0.39 is 11.2 Å². The number of aliphatic carboxylic acids is 1. The van der Waals surface area contributed by atoms with Gasteiger partial charge in [-0.05, 0) is 35.9 Å². The van der Waals surface area contributed by atoms with Gasteiger partial charge in [-0.2, -0.15) is 0 Å². The summed E-state index contributed by atoms with van der Waals surface area (Å²) in [6.07, 6.45) is 0. The minimum atomic E-state index is -0.910. The molecule has 1 atom stereocenters. The lowest BCUT2D eigenvalue weighted by Gasteiger charge is -2.10. The van der Waals surface area contributed by atoms with Crippen molar-refractivity contribution in [2.75, 3.05) is 5.32 Å². The van der Waals surface area contributed by atoms with Crippen LogP contribution in [0.15, 0.2) is 71.9 Å². The fourth-order valence-electron chi connectivity index (χ4n) is 3.24. The van der Waals surface area contributed by atoms with Gasteiger partial charge >= 0.3 is 5.97 Å². The van der Waals surface area contributed by atoms with E-state index in [0.717, 1.165) is 28.1 Å². The van der Waals surface area contributed by atoms with E-state index >= 15 is 0 Å². The number of anilines is 1. The van der Waals surface area contributed by atoms with Crippen molar-refractivity contribution >= 4 is 40.1 Å². The third kappa shape index (κ3) is 4.29. The molecule has 0 bridgehead atoms. The summed E-state index contributed by atoms with van der Waals surface area (Å²) in [4.78, 5) is 24.0. The molecule has 4 rings (SSSR count). The van der Waals surface area contributed by atoms with Crippen molar-refractivity contribution in [2.45, 2.75) is 17.3 Å². The Labute approximate surface area is 183 Å². The molecule has 2 N–H and O–H groups in total. The van der Waals surface area contributed by atoms with Crippen LogP contribution in [0.1, 0.15) is 17.3 Å². The molecule has 0 aliphatic heterocycles. The molecule has 0 saturated carbocycles. The van der Waals surface area contributed by atoms with Gasteiger partial charge in [0.1, 0.15) is 5.25 Å². The summed E-state index contributed by atoms with van der Waals surface area (Å²) in [5, 5.41) is 22.2. The van der Waals surface area contributed by atoms with E-state index in [1.807, 2.05) is 60.7 Å². The first-order valence-electron chi connectivity index (χ1n) is 9.62. The fourth-order valence-corrected chi connectivity index (χ4v) is 3.98. The molecule has 1 aromatic heterocycles. The van der Waals surface area contributed by atoms with Crippen molar-refractivity contribution in [3.63, 3.8) is 0 Å². The van der Waals surface area contributed by atoms with Gasteiger partial charge in [0.2, 0.25) is 0 Å². The fraction of sp³-hybridized carbons (Fsp3) is 0.130. The topological polar surface area (TPSA) is 97.1 Å². The van der Waals surface area contributed by atoms with E-state index in [1.165, 1.54) is 0 Å². The lowest BCUT2D eigenvalue weighted by molar-refractivity contribution is -0.136. The van der Waals surface area contributed by atoms with Gasteiger partial charge in [0.15, 0.2) is 11.0 Å². The number of nitrogens with zero attached hydrogens (tertiary/aromatic N) is 3. The summed E-state index contributed by atoms with van der Waals surface area (Å²) in [6, 6.07) is 20.7. The Morgan fingerprint density at radius 2 is 1.77 bits per heavy atom. The Bertz CT molecular complexity index is 1280. The van der Waals surface area contributed by atoms with Gasteiger partial charge in [0, 0.05) is 23.9 Å². The minimum absolute atomic E-state index is 0.196. The molecule has 156 valence electrons. The highest BCUT2D eigenvalue weighted by Crippen LogP contribution is 2.27. The van der Waals surface area contributed by atoms with Crippen LogP contribution in [0, 0.1) is 0 Å². The normalized spacial score (nSPS) is 11.9. The van der Waals surface area contributed by atoms with Gasteiger partial charge in [-0.1, -0.05) is 60.3 Å². The summed E-state index contributed by atoms with van der Waals surface area (Å²) in [6.45, 7) is 1.60. The van der Waals surface area contributed by atoms with E-state index in [-0.39, 0.29) is 5.91 Å². The van der Waals surface area contributed by atoms with Crippen molar-refractivity contribution in [1.29, 1.82) is 0 Å². The van der Waals surface area contributed by atoms with E-state index in [0.29, 0.717) is 22.2 Å². The molecule has 4 aromatic rings. The summed E-state index contributed by atoms with van der Waals surface area (Å²) >= 11 is 1.13. The number of carbonyl (C=O) groups excluding carboxylic acids is 1. The van der Waals surface area contributed by atoms with Crippen molar-refractivity contribution in [3.05, 3.63) is 72.3 Å². The summed E-state index contributed by atoms with van der Waals surface area (Å²) in [7, 11) is 1.79. The van der Waals surface area contributed by atoms with Crippen LogP contribution in [-0.2, 0) is 11.8 Å². The summed E-state index contributed by atoms with van der Waals surface area (Å²) in [5.41, 5.74) is 2.00. The van der Waals surface area contributed by atoms with Gasteiger partial charge in [0.05, 0.1) is 0 Å². The molecule has 1 amide bonds. The van der Waals surface area contributed by atoms with E-state index in [2.05, 4.69) is 15.5 Å². The first-order valence-corrected chi connectivity index (χ1v) is 10.5. The van der Waals surface area contributed by atoms with Gasteiger partial charge in [-0.15, -0.1) is 10.2 Å². The minimum Gasteiger partial charge on any atom is -0.480 e. The second-order valence-electron chi connectivity index (χ2n) is 7.03. The third-order valence-corrected chi connectivity index (χ3v) is 6.00. The van der Waals surface area contributed by atoms with Gasteiger partial charge in [-0.3, -0.25) is 9.59 Å². The van der Waals surface area contributed by atoms with Crippen LogP contribution < -0.4 is 5.32 Å². The second-order valence-corrected chi connectivity index (χ2v) is 8.33. The predicted octanol–water partition coefficient (Wildman–Crippen LogP) is 4.45. The molecule has 7 nitrogen and oxygen atoms in total. The molecule has 8 heteroatoms. The molecule has 3 aromatic carbocycles. The lowest BCUT2D eigenvalue weighted by atomic mass is 10.0.